The van der Waals surface area contributed by atoms with E-state index < -0.39 is 0 Å². The number of carbonyl (C=O) groups is 2. The Labute approximate surface area is 226 Å². The SMILES string of the molecule is CCCC(C)N1CCC(N(Cc2ccccc2)C(=O)Nc2ccc(-c3cccc(C(=O)OC)c3)cc2)CC1. The first-order chi connectivity index (χ1) is 18.5. The lowest BCUT2D eigenvalue weighted by Crippen LogP contribution is -2.50. The Morgan fingerprint density at radius 1 is 0.974 bits per heavy atom. The summed E-state index contributed by atoms with van der Waals surface area (Å²) in [5.74, 6) is -0.361. The predicted molar refractivity (Wildman–Crippen MR) is 153 cm³/mol. The van der Waals surface area contributed by atoms with Gasteiger partial charge in [0.1, 0.15) is 0 Å². The van der Waals surface area contributed by atoms with E-state index in [2.05, 4.69) is 36.2 Å². The molecule has 0 bridgehead atoms. The highest BCUT2D eigenvalue weighted by atomic mass is 16.5. The molecule has 38 heavy (non-hydrogen) atoms. The van der Waals surface area contributed by atoms with Gasteiger partial charge in [0.2, 0.25) is 0 Å². The van der Waals surface area contributed by atoms with Gasteiger partial charge >= 0.3 is 12.0 Å². The zero-order valence-corrected chi connectivity index (χ0v) is 22.7. The zero-order chi connectivity index (χ0) is 26.9. The van der Waals surface area contributed by atoms with Crippen LogP contribution >= 0.6 is 0 Å². The van der Waals surface area contributed by atoms with Crippen LogP contribution in [0.4, 0.5) is 10.5 Å². The van der Waals surface area contributed by atoms with Gasteiger partial charge in [-0.2, -0.15) is 0 Å². The average Bonchev–Trinajstić information content (AvgIpc) is 2.96. The molecule has 1 N–H and O–H groups in total. The second-order valence-electron chi connectivity index (χ2n) is 10.1. The molecule has 1 aliphatic heterocycles. The number of hydrogen-bond donors (Lipinski definition) is 1. The van der Waals surface area contributed by atoms with Crippen LogP contribution in [0.3, 0.4) is 0 Å². The Bertz CT molecular complexity index is 1190. The monoisotopic (exact) mass is 513 g/mol. The minimum Gasteiger partial charge on any atom is -0.465 e. The number of ether oxygens (including phenoxy) is 1. The number of anilines is 1. The average molecular weight is 514 g/mol. The molecule has 0 spiro atoms. The number of hydrogen-bond acceptors (Lipinski definition) is 4. The van der Waals surface area contributed by atoms with E-state index >= 15 is 0 Å². The van der Waals surface area contributed by atoms with E-state index in [1.165, 1.54) is 20.0 Å². The minimum absolute atomic E-state index is 0.0747. The van der Waals surface area contributed by atoms with Crippen LogP contribution < -0.4 is 5.32 Å². The third-order valence-corrected chi connectivity index (χ3v) is 7.48. The first-order valence-electron chi connectivity index (χ1n) is 13.6. The van der Waals surface area contributed by atoms with Crippen LogP contribution in [-0.2, 0) is 11.3 Å². The van der Waals surface area contributed by atoms with Gasteiger partial charge in [-0.1, -0.05) is 67.9 Å². The maximum atomic E-state index is 13.6. The van der Waals surface area contributed by atoms with E-state index in [1.54, 1.807) is 6.07 Å². The Morgan fingerprint density at radius 2 is 1.68 bits per heavy atom. The van der Waals surface area contributed by atoms with E-state index in [-0.39, 0.29) is 18.0 Å². The molecule has 3 aromatic rings. The Morgan fingerprint density at radius 3 is 2.34 bits per heavy atom. The lowest BCUT2D eigenvalue weighted by molar-refractivity contribution is 0.0600. The number of urea groups is 1. The van der Waals surface area contributed by atoms with Crippen molar-refractivity contribution >= 4 is 17.7 Å². The highest BCUT2D eigenvalue weighted by molar-refractivity contribution is 5.91. The summed E-state index contributed by atoms with van der Waals surface area (Å²) in [6.07, 6.45) is 4.36. The summed E-state index contributed by atoms with van der Waals surface area (Å²) < 4.78 is 4.84. The van der Waals surface area contributed by atoms with Gasteiger partial charge in [-0.25, -0.2) is 9.59 Å². The molecule has 0 saturated carbocycles. The summed E-state index contributed by atoms with van der Waals surface area (Å²) in [5, 5.41) is 3.13. The quantitative estimate of drug-likeness (QED) is 0.319. The predicted octanol–water partition coefficient (Wildman–Crippen LogP) is 6.83. The molecule has 1 heterocycles. The first-order valence-corrected chi connectivity index (χ1v) is 13.6. The number of nitrogens with one attached hydrogen (secondary N) is 1. The third-order valence-electron chi connectivity index (χ3n) is 7.48. The van der Waals surface area contributed by atoms with Crippen molar-refractivity contribution in [3.8, 4) is 11.1 Å². The van der Waals surface area contributed by atoms with Gasteiger partial charge in [-0.05, 0) is 67.1 Å². The zero-order valence-electron chi connectivity index (χ0n) is 22.7. The maximum absolute atomic E-state index is 13.6. The largest absolute Gasteiger partial charge is 0.465 e. The van der Waals surface area contributed by atoms with Gasteiger partial charge in [0.25, 0.3) is 0 Å². The number of nitrogens with zero attached hydrogens (tertiary/aromatic N) is 2. The van der Waals surface area contributed by atoms with Gasteiger partial charge in [0.15, 0.2) is 0 Å². The molecule has 2 amide bonds. The topological polar surface area (TPSA) is 61.9 Å². The van der Waals surface area contributed by atoms with E-state index in [9.17, 15) is 9.59 Å². The maximum Gasteiger partial charge on any atom is 0.337 e. The molecule has 1 aliphatic rings. The Hall–Kier alpha value is -3.64. The fourth-order valence-electron chi connectivity index (χ4n) is 5.27. The number of methoxy groups -OCH3 is 1. The highest BCUT2D eigenvalue weighted by Gasteiger charge is 2.29. The van der Waals surface area contributed by atoms with Gasteiger partial charge in [-0.3, -0.25) is 0 Å². The van der Waals surface area contributed by atoms with Crippen LogP contribution in [0.25, 0.3) is 11.1 Å². The lowest BCUT2D eigenvalue weighted by atomic mass is 10.00. The standard InChI is InChI=1S/C32H39N3O3/c1-4-9-24(2)34-20-18-30(19-21-34)35(23-25-10-6-5-7-11-25)32(37)33-29-16-14-26(15-17-29)27-12-8-13-28(22-27)31(36)38-3/h5-8,10-17,22,24,30H,4,9,18-21,23H2,1-3H3,(H,33,37). The van der Waals surface area contributed by atoms with Crippen molar-refractivity contribution in [2.75, 3.05) is 25.5 Å². The van der Waals surface area contributed by atoms with E-state index in [0.717, 1.165) is 48.3 Å². The molecule has 1 unspecified atom stereocenters. The summed E-state index contributed by atoms with van der Waals surface area (Å²) in [5.41, 5.74) is 4.26. The summed E-state index contributed by atoms with van der Waals surface area (Å²) >= 11 is 0. The van der Waals surface area contributed by atoms with Crippen molar-refractivity contribution in [1.29, 1.82) is 0 Å². The fraction of sp³-hybridized carbons (Fsp3) is 0.375. The summed E-state index contributed by atoms with van der Waals surface area (Å²) in [7, 11) is 1.38. The number of likely N-dealkylation sites (tertiary alicyclic amines) is 1. The molecule has 0 aliphatic carbocycles. The molecule has 3 aromatic carbocycles. The van der Waals surface area contributed by atoms with Crippen molar-refractivity contribution in [3.05, 3.63) is 90.0 Å². The van der Waals surface area contributed by atoms with Crippen molar-refractivity contribution in [1.82, 2.24) is 9.80 Å². The van der Waals surface area contributed by atoms with Crippen LogP contribution in [0.15, 0.2) is 78.9 Å². The fourth-order valence-corrected chi connectivity index (χ4v) is 5.27. The van der Waals surface area contributed by atoms with E-state index in [1.807, 2.05) is 65.6 Å². The van der Waals surface area contributed by atoms with Gasteiger partial charge in [-0.15, -0.1) is 0 Å². The van der Waals surface area contributed by atoms with Crippen molar-refractivity contribution in [3.63, 3.8) is 0 Å². The normalized spacial score (nSPS) is 15.0. The number of benzene rings is 3. The molecule has 200 valence electrons. The van der Waals surface area contributed by atoms with Crippen molar-refractivity contribution < 1.29 is 14.3 Å². The first kappa shape index (κ1) is 27.4. The van der Waals surface area contributed by atoms with E-state index in [4.69, 9.17) is 4.74 Å². The molecular formula is C32H39N3O3. The molecule has 6 nitrogen and oxygen atoms in total. The van der Waals surface area contributed by atoms with Crippen molar-refractivity contribution in [2.45, 2.75) is 58.2 Å². The molecule has 0 aromatic heterocycles. The smallest absolute Gasteiger partial charge is 0.337 e. The van der Waals surface area contributed by atoms with Crippen LogP contribution in [-0.4, -0.2) is 54.1 Å². The van der Waals surface area contributed by atoms with Crippen molar-refractivity contribution in [2.24, 2.45) is 0 Å². The second-order valence-corrected chi connectivity index (χ2v) is 10.1. The molecule has 4 rings (SSSR count). The highest BCUT2D eigenvalue weighted by Crippen LogP contribution is 2.25. The third kappa shape index (κ3) is 7.01. The minimum atomic E-state index is -0.361. The van der Waals surface area contributed by atoms with E-state index in [0.29, 0.717) is 18.2 Å². The number of carbonyl (C=O) groups excluding carboxylic acids is 2. The molecule has 1 saturated heterocycles. The number of piperidine rings is 1. The Kier molecular flexibility index (Phi) is 9.55. The second kappa shape index (κ2) is 13.2. The van der Waals surface area contributed by atoms with Crippen LogP contribution in [0, 0.1) is 0 Å². The molecule has 6 heteroatoms. The lowest BCUT2D eigenvalue weighted by Gasteiger charge is -2.40. The molecule has 0 radical (unpaired) electrons. The number of rotatable bonds is 9. The van der Waals surface area contributed by atoms with Crippen LogP contribution in [0.5, 0.6) is 0 Å². The number of esters is 1. The summed E-state index contributed by atoms with van der Waals surface area (Å²) in [6, 6.07) is 26.0. The van der Waals surface area contributed by atoms with Crippen LogP contribution in [0.1, 0.15) is 55.5 Å². The van der Waals surface area contributed by atoms with Gasteiger partial charge in [0, 0.05) is 37.4 Å². The van der Waals surface area contributed by atoms with Crippen LogP contribution in [0.2, 0.25) is 0 Å². The van der Waals surface area contributed by atoms with Gasteiger partial charge in [0.05, 0.1) is 12.7 Å². The summed E-state index contributed by atoms with van der Waals surface area (Å²) in [4.78, 5) is 30.1. The summed E-state index contributed by atoms with van der Waals surface area (Å²) in [6.45, 7) is 7.17. The van der Waals surface area contributed by atoms with Gasteiger partial charge < -0.3 is 19.9 Å². The molecule has 1 fully saturated rings. The molecular weight excluding hydrogens is 474 g/mol. The number of amides is 2. The Balaban J connectivity index is 1.46. The molecule has 1 atom stereocenters.